The Morgan fingerprint density at radius 3 is 3.07 bits per heavy atom. The lowest BCUT2D eigenvalue weighted by molar-refractivity contribution is 0.0704. The molecule has 0 spiro atoms. The Hall–Kier alpha value is -1.00. The summed E-state index contributed by atoms with van der Waals surface area (Å²) in [7, 11) is 0. The minimum Gasteiger partial charge on any atom is -0.356 e. The van der Waals surface area contributed by atoms with Gasteiger partial charge in [0.2, 0.25) is 0 Å². The molecule has 0 radical (unpaired) electrons. The van der Waals surface area contributed by atoms with E-state index in [1.807, 2.05) is 4.90 Å². The number of nitrogens with zero attached hydrogens (tertiary/aromatic N) is 1. The van der Waals surface area contributed by atoms with Crippen molar-refractivity contribution in [2.24, 2.45) is 0 Å². The van der Waals surface area contributed by atoms with Gasteiger partial charge in [0, 0.05) is 31.9 Å². The Morgan fingerprint density at radius 1 is 1.67 bits per heavy atom. The van der Waals surface area contributed by atoms with E-state index in [4.69, 9.17) is 11.6 Å². The van der Waals surface area contributed by atoms with Crippen LogP contribution in [0.2, 0.25) is 5.02 Å². The molecule has 1 saturated heterocycles. The fraction of sp³-hybridized carbons (Fsp3) is 0.500. The second kappa shape index (κ2) is 4.24. The topological polar surface area (TPSA) is 48.1 Å². The molecule has 1 aromatic rings. The van der Waals surface area contributed by atoms with Crippen LogP contribution in [-0.4, -0.2) is 41.5 Å². The summed E-state index contributed by atoms with van der Waals surface area (Å²) < 4.78 is 0. The summed E-state index contributed by atoms with van der Waals surface area (Å²) in [6.45, 7) is 4.41. The van der Waals surface area contributed by atoms with Crippen molar-refractivity contribution in [3.63, 3.8) is 0 Å². The number of amides is 1. The Bertz CT molecular complexity index is 363. The van der Waals surface area contributed by atoms with E-state index in [9.17, 15) is 4.79 Å². The van der Waals surface area contributed by atoms with Gasteiger partial charge in [-0.15, -0.1) is 0 Å². The van der Waals surface area contributed by atoms with Gasteiger partial charge in [-0.05, 0) is 13.0 Å². The van der Waals surface area contributed by atoms with Gasteiger partial charge in [-0.25, -0.2) is 0 Å². The van der Waals surface area contributed by atoms with Gasteiger partial charge in [0.25, 0.3) is 5.91 Å². The molecule has 1 aromatic heterocycles. The molecular formula is C10H14ClN3O. The summed E-state index contributed by atoms with van der Waals surface area (Å²) in [5, 5.41) is 3.86. The van der Waals surface area contributed by atoms with Gasteiger partial charge in [0.1, 0.15) is 5.69 Å². The molecule has 82 valence electrons. The number of hydrogen-bond acceptors (Lipinski definition) is 2. The van der Waals surface area contributed by atoms with E-state index in [0.717, 1.165) is 19.6 Å². The van der Waals surface area contributed by atoms with Gasteiger partial charge in [-0.3, -0.25) is 4.79 Å². The molecule has 1 aliphatic heterocycles. The first-order chi connectivity index (χ1) is 7.16. The van der Waals surface area contributed by atoms with Gasteiger partial charge in [-0.1, -0.05) is 11.6 Å². The predicted molar refractivity (Wildman–Crippen MR) is 59.2 cm³/mol. The van der Waals surface area contributed by atoms with E-state index in [2.05, 4.69) is 17.2 Å². The van der Waals surface area contributed by atoms with E-state index in [1.165, 1.54) is 0 Å². The highest BCUT2D eigenvalue weighted by Gasteiger charge is 2.22. The van der Waals surface area contributed by atoms with Crippen molar-refractivity contribution in [1.82, 2.24) is 15.2 Å². The zero-order valence-electron chi connectivity index (χ0n) is 8.59. The monoisotopic (exact) mass is 227 g/mol. The van der Waals surface area contributed by atoms with Gasteiger partial charge in [-0.2, -0.15) is 0 Å². The summed E-state index contributed by atoms with van der Waals surface area (Å²) in [6, 6.07) is 2.02. The number of halogens is 1. The number of rotatable bonds is 1. The number of H-pyrrole nitrogens is 1. The standard InChI is InChI=1S/C10H14ClN3O/c1-7-6-14(3-2-12-7)10(15)9-4-8(11)5-13-9/h4-5,7,12-13H,2-3,6H2,1H3. The molecule has 5 heteroatoms. The van der Waals surface area contributed by atoms with Crippen LogP contribution in [0.1, 0.15) is 17.4 Å². The van der Waals surface area contributed by atoms with E-state index >= 15 is 0 Å². The third-order valence-electron chi connectivity index (χ3n) is 2.53. The number of carbonyl (C=O) groups excluding carboxylic acids is 1. The summed E-state index contributed by atoms with van der Waals surface area (Å²) in [5.74, 6) is 0.0234. The Balaban J connectivity index is 2.07. The number of aromatic amines is 1. The molecule has 0 aliphatic carbocycles. The number of nitrogens with one attached hydrogen (secondary N) is 2. The number of aromatic nitrogens is 1. The van der Waals surface area contributed by atoms with Crippen LogP contribution in [0.5, 0.6) is 0 Å². The summed E-state index contributed by atoms with van der Waals surface area (Å²) >= 11 is 5.76. The maximum atomic E-state index is 12.0. The third kappa shape index (κ3) is 2.33. The highest BCUT2D eigenvalue weighted by molar-refractivity contribution is 6.30. The average molecular weight is 228 g/mol. The zero-order valence-corrected chi connectivity index (χ0v) is 9.34. The van der Waals surface area contributed by atoms with E-state index in [0.29, 0.717) is 16.8 Å². The van der Waals surface area contributed by atoms with Gasteiger partial charge < -0.3 is 15.2 Å². The molecule has 15 heavy (non-hydrogen) atoms. The fourth-order valence-electron chi connectivity index (χ4n) is 1.78. The van der Waals surface area contributed by atoms with Crippen LogP contribution in [0.3, 0.4) is 0 Å². The normalized spacial score (nSPS) is 21.7. The van der Waals surface area contributed by atoms with Crippen molar-refractivity contribution in [1.29, 1.82) is 0 Å². The highest BCUT2D eigenvalue weighted by Crippen LogP contribution is 2.12. The molecule has 1 unspecified atom stereocenters. The first-order valence-corrected chi connectivity index (χ1v) is 5.41. The molecule has 0 aromatic carbocycles. The number of hydrogen-bond donors (Lipinski definition) is 2. The predicted octanol–water partition coefficient (Wildman–Crippen LogP) is 1.10. The van der Waals surface area contributed by atoms with Crippen LogP contribution in [0.15, 0.2) is 12.3 Å². The highest BCUT2D eigenvalue weighted by atomic mass is 35.5. The third-order valence-corrected chi connectivity index (χ3v) is 2.75. The summed E-state index contributed by atoms with van der Waals surface area (Å²) in [6.07, 6.45) is 1.63. The second-order valence-electron chi connectivity index (χ2n) is 3.84. The summed E-state index contributed by atoms with van der Waals surface area (Å²) in [5.41, 5.74) is 0.564. The zero-order chi connectivity index (χ0) is 10.8. The SMILES string of the molecule is CC1CN(C(=O)c2cc(Cl)c[nH]2)CCN1. The van der Waals surface area contributed by atoms with Crippen molar-refractivity contribution in [3.05, 3.63) is 23.0 Å². The number of piperazine rings is 1. The average Bonchev–Trinajstić information content (AvgIpc) is 2.64. The molecule has 2 heterocycles. The molecule has 2 N–H and O–H groups in total. The molecule has 1 amide bonds. The van der Waals surface area contributed by atoms with Crippen LogP contribution in [0.4, 0.5) is 0 Å². The Morgan fingerprint density at radius 2 is 2.47 bits per heavy atom. The fourth-order valence-corrected chi connectivity index (χ4v) is 1.94. The largest absolute Gasteiger partial charge is 0.356 e. The van der Waals surface area contributed by atoms with E-state index < -0.39 is 0 Å². The van der Waals surface area contributed by atoms with Crippen LogP contribution >= 0.6 is 11.6 Å². The minimum absolute atomic E-state index is 0.0234. The van der Waals surface area contributed by atoms with Crippen LogP contribution < -0.4 is 5.32 Å². The molecule has 0 bridgehead atoms. The lowest BCUT2D eigenvalue weighted by Gasteiger charge is -2.31. The van der Waals surface area contributed by atoms with Crippen molar-refractivity contribution >= 4 is 17.5 Å². The van der Waals surface area contributed by atoms with E-state index in [1.54, 1.807) is 12.3 Å². The van der Waals surface area contributed by atoms with Gasteiger partial charge in [0.15, 0.2) is 0 Å². The van der Waals surface area contributed by atoms with E-state index in [-0.39, 0.29) is 5.91 Å². The lowest BCUT2D eigenvalue weighted by Crippen LogP contribution is -2.51. The van der Waals surface area contributed by atoms with Crippen molar-refractivity contribution < 1.29 is 4.79 Å². The molecular weight excluding hydrogens is 214 g/mol. The first-order valence-electron chi connectivity index (χ1n) is 5.03. The molecule has 2 rings (SSSR count). The van der Waals surface area contributed by atoms with Gasteiger partial charge >= 0.3 is 0 Å². The van der Waals surface area contributed by atoms with Crippen LogP contribution in [-0.2, 0) is 0 Å². The molecule has 1 aliphatic rings. The number of carbonyl (C=O) groups is 1. The summed E-state index contributed by atoms with van der Waals surface area (Å²) in [4.78, 5) is 16.7. The maximum absolute atomic E-state index is 12.0. The van der Waals surface area contributed by atoms with Gasteiger partial charge in [0.05, 0.1) is 5.02 Å². The molecule has 0 saturated carbocycles. The molecule has 1 fully saturated rings. The minimum atomic E-state index is 0.0234. The maximum Gasteiger partial charge on any atom is 0.270 e. The van der Waals surface area contributed by atoms with Crippen LogP contribution in [0.25, 0.3) is 0 Å². The Labute approximate surface area is 93.6 Å². The second-order valence-corrected chi connectivity index (χ2v) is 4.27. The van der Waals surface area contributed by atoms with Crippen molar-refractivity contribution in [2.45, 2.75) is 13.0 Å². The first kappa shape index (κ1) is 10.5. The van der Waals surface area contributed by atoms with Crippen molar-refractivity contribution in [2.75, 3.05) is 19.6 Å². The van der Waals surface area contributed by atoms with Crippen LogP contribution in [0, 0.1) is 0 Å². The Kier molecular flexibility index (Phi) is 2.98. The molecule has 1 atom stereocenters. The molecule has 4 nitrogen and oxygen atoms in total. The smallest absolute Gasteiger partial charge is 0.270 e. The quantitative estimate of drug-likeness (QED) is 0.755. The lowest BCUT2D eigenvalue weighted by atomic mass is 10.2. The van der Waals surface area contributed by atoms with Crippen molar-refractivity contribution in [3.8, 4) is 0 Å².